The topological polar surface area (TPSA) is 83.4 Å². The normalized spacial score (nSPS) is 21.3. The van der Waals surface area contributed by atoms with Gasteiger partial charge in [0.15, 0.2) is 17.3 Å². The number of esters is 1. The second-order valence-electron chi connectivity index (χ2n) is 9.49. The van der Waals surface area contributed by atoms with Crippen molar-refractivity contribution in [2.45, 2.75) is 45.4 Å². The number of ketones is 1. The average molecular weight is 506 g/mol. The number of hydrogen-bond acceptors (Lipinski definition) is 7. The molecule has 0 aromatic heterocycles. The molecule has 0 bridgehead atoms. The number of aryl methyl sites for hydroxylation is 1. The summed E-state index contributed by atoms with van der Waals surface area (Å²) >= 11 is 0. The number of rotatable bonds is 9. The van der Waals surface area contributed by atoms with Crippen LogP contribution in [0.25, 0.3) is 0 Å². The molecule has 0 spiro atoms. The van der Waals surface area contributed by atoms with Crippen molar-refractivity contribution in [3.63, 3.8) is 0 Å². The standard InChI is InChI=1S/C30H35NO6/c1-6-36-12-13-37-30(33)27-19(3)31-23-15-22(20-10-11-25(34-4)26(17-20)35-5)16-24(32)29(23)28(27)21-9-7-8-18(2)14-21/h7-11,14,17,22,27-28H,6,12-13,15-16H2,1-5H3/t22-,27?,28+/m1/s1. The van der Waals surface area contributed by atoms with Crippen molar-refractivity contribution < 1.29 is 28.5 Å². The monoisotopic (exact) mass is 505 g/mol. The lowest BCUT2D eigenvalue weighted by atomic mass is 9.69. The predicted molar refractivity (Wildman–Crippen MR) is 142 cm³/mol. The van der Waals surface area contributed by atoms with Gasteiger partial charge in [-0.2, -0.15) is 0 Å². The molecule has 2 aromatic rings. The molecule has 1 heterocycles. The summed E-state index contributed by atoms with van der Waals surface area (Å²) in [6.07, 6.45) is 0.930. The molecule has 0 fully saturated rings. The maximum atomic E-state index is 13.8. The number of aliphatic imine (C=N–C) groups is 1. The molecule has 1 aliphatic heterocycles. The largest absolute Gasteiger partial charge is 0.493 e. The van der Waals surface area contributed by atoms with Crippen molar-refractivity contribution in [1.29, 1.82) is 0 Å². The van der Waals surface area contributed by atoms with Crippen LogP contribution in [-0.4, -0.2) is 51.5 Å². The van der Waals surface area contributed by atoms with E-state index in [4.69, 9.17) is 23.9 Å². The molecule has 2 aromatic carbocycles. The van der Waals surface area contributed by atoms with Crippen molar-refractivity contribution in [3.05, 3.63) is 70.4 Å². The Labute approximate surface area is 218 Å². The molecule has 3 atom stereocenters. The van der Waals surface area contributed by atoms with Gasteiger partial charge in [0.1, 0.15) is 12.5 Å². The maximum absolute atomic E-state index is 13.8. The number of allylic oxidation sites excluding steroid dienone is 2. The zero-order chi connectivity index (χ0) is 26.5. The van der Waals surface area contributed by atoms with Gasteiger partial charge in [-0.05, 0) is 56.4 Å². The molecule has 196 valence electrons. The van der Waals surface area contributed by atoms with Crippen molar-refractivity contribution in [2.24, 2.45) is 10.9 Å². The zero-order valence-corrected chi connectivity index (χ0v) is 22.2. The Morgan fingerprint density at radius 3 is 2.46 bits per heavy atom. The van der Waals surface area contributed by atoms with Gasteiger partial charge in [-0.1, -0.05) is 35.9 Å². The summed E-state index contributed by atoms with van der Waals surface area (Å²) in [5.74, 6) is -0.247. The van der Waals surface area contributed by atoms with Crippen LogP contribution in [0.15, 0.2) is 58.7 Å². The highest BCUT2D eigenvalue weighted by atomic mass is 16.6. The van der Waals surface area contributed by atoms with E-state index in [1.807, 2.05) is 63.2 Å². The lowest BCUT2D eigenvalue weighted by Gasteiger charge is -2.36. The Morgan fingerprint density at radius 2 is 1.76 bits per heavy atom. The molecule has 0 saturated carbocycles. The number of carbonyl (C=O) groups is 2. The smallest absolute Gasteiger partial charge is 0.315 e. The maximum Gasteiger partial charge on any atom is 0.315 e. The van der Waals surface area contributed by atoms with Crippen LogP contribution < -0.4 is 9.47 Å². The molecular formula is C30H35NO6. The Bertz CT molecular complexity index is 1230. The Morgan fingerprint density at radius 1 is 0.973 bits per heavy atom. The molecular weight excluding hydrogens is 470 g/mol. The van der Waals surface area contributed by atoms with E-state index < -0.39 is 11.8 Å². The summed E-state index contributed by atoms with van der Waals surface area (Å²) in [6.45, 7) is 6.81. The molecule has 7 nitrogen and oxygen atoms in total. The zero-order valence-electron chi connectivity index (χ0n) is 22.2. The van der Waals surface area contributed by atoms with Crippen LogP contribution in [0, 0.1) is 12.8 Å². The van der Waals surface area contributed by atoms with E-state index in [9.17, 15) is 9.59 Å². The van der Waals surface area contributed by atoms with Crippen LogP contribution in [0.2, 0.25) is 0 Å². The van der Waals surface area contributed by atoms with Gasteiger partial charge in [0, 0.05) is 35.9 Å². The Balaban J connectivity index is 1.71. The van der Waals surface area contributed by atoms with Gasteiger partial charge in [-0.25, -0.2) is 0 Å². The Kier molecular flexibility index (Phi) is 8.44. The van der Waals surface area contributed by atoms with E-state index in [0.717, 1.165) is 22.4 Å². The fourth-order valence-corrected chi connectivity index (χ4v) is 5.37. The SMILES string of the molecule is CCOCCOC(=O)C1C(C)=NC2=C(C(=O)C[C@H](c3ccc(OC)c(OC)c3)C2)[C@H]1c1cccc(C)c1. The quantitative estimate of drug-likeness (QED) is 0.346. The van der Waals surface area contributed by atoms with Gasteiger partial charge in [-0.15, -0.1) is 0 Å². The molecule has 1 unspecified atom stereocenters. The van der Waals surface area contributed by atoms with E-state index in [1.165, 1.54) is 0 Å². The first-order valence-corrected chi connectivity index (χ1v) is 12.7. The minimum absolute atomic E-state index is 0.0101. The lowest BCUT2D eigenvalue weighted by Crippen LogP contribution is -2.38. The van der Waals surface area contributed by atoms with E-state index >= 15 is 0 Å². The van der Waals surface area contributed by atoms with Crippen LogP contribution in [0.4, 0.5) is 0 Å². The van der Waals surface area contributed by atoms with Gasteiger partial charge in [0.05, 0.1) is 20.8 Å². The number of nitrogens with zero attached hydrogens (tertiary/aromatic N) is 1. The summed E-state index contributed by atoms with van der Waals surface area (Å²) in [5.41, 5.74) is 5.02. The molecule has 0 amide bonds. The van der Waals surface area contributed by atoms with Crippen molar-refractivity contribution in [2.75, 3.05) is 34.0 Å². The molecule has 7 heteroatoms. The van der Waals surface area contributed by atoms with Gasteiger partial charge in [-0.3, -0.25) is 14.6 Å². The predicted octanol–water partition coefficient (Wildman–Crippen LogP) is 5.17. The Hall–Kier alpha value is -3.45. The van der Waals surface area contributed by atoms with Crippen LogP contribution in [0.5, 0.6) is 11.5 Å². The third-order valence-corrected chi connectivity index (χ3v) is 7.10. The summed E-state index contributed by atoms with van der Waals surface area (Å²) in [6, 6.07) is 13.8. The minimum atomic E-state index is -0.663. The van der Waals surface area contributed by atoms with Crippen LogP contribution in [0.1, 0.15) is 55.2 Å². The van der Waals surface area contributed by atoms with Gasteiger partial charge in [0.2, 0.25) is 0 Å². The number of benzene rings is 2. The van der Waals surface area contributed by atoms with E-state index in [1.54, 1.807) is 14.2 Å². The van der Waals surface area contributed by atoms with Crippen molar-refractivity contribution >= 4 is 17.5 Å². The number of methoxy groups -OCH3 is 2. The van der Waals surface area contributed by atoms with E-state index in [2.05, 4.69) is 0 Å². The first-order chi connectivity index (χ1) is 17.9. The van der Waals surface area contributed by atoms with Gasteiger partial charge in [0.25, 0.3) is 0 Å². The molecule has 2 aliphatic rings. The number of ether oxygens (including phenoxy) is 4. The molecule has 1 aliphatic carbocycles. The van der Waals surface area contributed by atoms with Gasteiger partial charge < -0.3 is 18.9 Å². The van der Waals surface area contributed by atoms with E-state index in [-0.39, 0.29) is 24.3 Å². The molecule has 0 saturated heterocycles. The summed E-state index contributed by atoms with van der Waals surface area (Å²) in [7, 11) is 3.20. The van der Waals surface area contributed by atoms with Crippen LogP contribution in [-0.2, 0) is 19.1 Å². The first-order valence-electron chi connectivity index (χ1n) is 12.7. The fourth-order valence-electron chi connectivity index (χ4n) is 5.37. The van der Waals surface area contributed by atoms with Crippen molar-refractivity contribution in [1.82, 2.24) is 0 Å². The third-order valence-electron chi connectivity index (χ3n) is 7.10. The molecule has 0 radical (unpaired) electrons. The second kappa shape index (κ2) is 11.7. The van der Waals surface area contributed by atoms with Crippen LogP contribution in [0.3, 0.4) is 0 Å². The third kappa shape index (κ3) is 5.62. The van der Waals surface area contributed by atoms with Crippen LogP contribution >= 0.6 is 0 Å². The second-order valence-corrected chi connectivity index (χ2v) is 9.49. The van der Waals surface area contributed by atoms with Gasteiger partial charge >= 0.3 is 5.97 Å². The van der Waals surface area contributed by atoms with Crippen molar-refractivity contribution in [3.8, 4) is 11.5 Å². The first kappa shape index (κ1) is 26.6. The molecule has 37 heavy (non-hydrogen) atoms. The fraction of sp³-hybridized carbons (Fsp3) is 0.433. The highest BCUT2D eigenvalue weighted by Gasteiger charge is 2.44. The number of hydrogen-bond donors (Lipinski definition) is 0. The average Bonchev–Trinajstić information content (AvgIpc) is 2.89. The highest BCUT2D eigenvalue weighted by molar-refractivity contribution is 6.09. The number of Topliss-reactive ketones (excluding diaryl/α,β-unsaturated/α-hetero) is 1. The summed E-state index contributed by atoms with van der Waals surface area (Å²) in [5, 5.41) is 0. The highest BCUT2D eigenvalue weighted by Crippen LogP contribution is 2.47. The van der Waals surface area contributed by atoms with E-state index in [0.29, 0.717) is 48.8 Å². The summed E-state index contributed by atoms with van der Waals surface area (Å²) in [4.78, 5) is 31.9. The summed E-state index contributed by atoms with van der Waals surface area (Å²) < 4.78 is 21.8. The molecule has 0 N–H and O–H groups in total. The lowest BCUT2D eigenvalue weighted by molar-refractivity contribution is -0.148. The molecule has 4 rings (SSSR count). The number of carbonyl (C=O) groups excluding carboxylic acids is 2. The minimum Gasteiger partial charge on any atom is -0.493 e.